The normalized spacial score (nSPS) is 10.7. The average Bonchev–Trinajstić information content (AvgIpc) is 2.52. The van der Waals surface area contributed by atoms with Gasteiger partial charge in [-0.25, -0.2) is 4.98 Å². The smallest absolute Gasteiger partial charge is 0.224 e. The average molecular weight is 314 g/mol. The van der Waals surface area contributed by atoms with Crippen molar-refractivity contribution in [1.82, 2.24) is 4.98 Å². The molecule has 2 rings (SSSR count). The van der Waals surface area contributed by atoms with Crippen molar-refractivity contribution in [1.29, 1.82) is 0 Å². The predicted octanol–water partition coefficient (Wildman–Crippen LogP) is 4.75. The summed E-state index contributed by atoms with van der Waals surface area (Å²) in [6.45, 7) is 4.26. The summed E-state index contributed by atoms with van der Waals surface area (Å²) in [4.78, 5) is 16.2. The zero-order valence-electron chi connectivity index (χ0n) is 13.1. The Balaban J connectivity index is 1.88. The third-order valence-corrected chi connectivity index (χ3v) is 4.20. The van der Waals surface area contributed by atoms with Crippen molar-refractivity contribution in [3.8, 4) is 0 Å². The molecule has 0 spiro atoms. The number of anilines is 1. The monoisotopic (exact) mass is 314 g/mol. The molecule has 4 heteroatoms. The lowest BCUT2D eigenvalue weighted by Gasteiger charge is -2.08. The lowest BCUT2D eigenvalue weighted by atomic mass is 10.1. The highest BCUT2D eigenvalue weighted by Gasteiger charge is 2.05. The number of carbonyl (C=O) groups is 1. The molecule has 116 valence electrons. The van der Waals surface area contributed by atoms with Gasteiger partial charge < -0.3 is 5.32 Å². The fourth-order valence-electron chi connectivity index (χ4n) is 1.97. The Labute approximate surface area is 136 Å². The van der Waals surface area contributed by atoms with Crippen LogP contribution in [0.4, 0.5) is 5.69 Å². The van der Waals surface area contributed by atoms with Crippen LogP contribution >= 0.6 is 11.8 Å². The largest absolute Gasteiger partial charge is 0.326 e. The van der Waals surface area contributed by atoms with Gasteiger partial charge in [0, 0.05) is 24.1 Å². The summed E-state index contributed by atoms with van der Waals surface area (Å²) >= 11 is 1.69. The standard InChI is InChI=1S/C18H22N2OS/c1-14(2)9-10-17(21)20-16-7-5-6-15(12-16)13-22-18-8-3-4-11-19-18/h3-8,11-12,14H,9-10,13H2,1-2H3,(H,20,21). The van der Waals surface area contributed by atoms with E-state index < -0.39 is 0 Å². The van der Waals surface area contributed by atoms with E-state index in [0.717, 1.165) is 22.9 Å². The topological polar surface area (TPSA) is 42.0 Å². The van der Waals surface area contributed by atoms with Crippen molar-refractivity contribution in [2.45, 2.75) is 37.5 Å². The summed E-state index contributed by atoms with van der Waals surface area (Å²) in [5, 5.41) is 3.98. The zero-order valence-corrected chi connectivity index (χ0v) is 13.9. The highest BCUT2D eigenvalue weighted by molar-refractivity contribution is 7.98. The molecule has 0 atom stereocenters. The van der Waals surface area contributed by atoms with Crippen LogP contribution in [0.15, 0.2) is 53.7 Å². The quantitative estimate of drug-likeness (QED) is 0.750. The Morgan fingerprint density at radius 1 is 1.23 bits per heavy atom. The van der Waals surface area contributed by atoms with E-state index in [1.54, 1.807) is 18.0 Å². The summed E-state index contributed by atoms with van der Waals surface area (Å²) < 4.78 is 0. The van der Waals surface area contributed by atoms with E-state index in [-0.39, 0.29) is 5.91 Å². The first kappa shape index (κ1) is 16.6. The van der Waals surface area contributed by atoms with E-state index in [0.29, 0.717) is 12.3 Å². The number of hydrogen-bond donors (Lipinski definition) is 1. The third kappa shape index (κ3) is 5.90. The number of carbonyl (C=O) groups excluding carboxylic acids is 1. The molecule has 1 N–H and O–H groups in total. The first-order valence-electron chi connectivity index (χ1n) is 7.56. The summed E-state index contributed by atoms with van der Waals surface area (Å²) in [6.07, 6.45) is 3.29. The van der Waals surface area contributed by atoms with Gasteiger partial charge in [0.15, 0.2) is 0 Å². The number of aromatic nitrogens is 1. The van der Waals surface area contributed by atoms with Crippen LogP contribution in [0.3, 0.4) is 0 Å². The van der Waals surface area contributed by atoms with Crippen LogP contribution in [0.25, 0.3) is 0 Å². The van der Waals surface area contributed by atoms with Gasteiger partial charge in [-0.2, -0.15) is 0 Å². The molecule has 0 aliphatic rings. The summed E-state index contributed by atoms with van der Waals surface area (Å²) in [7, 11) is 0. The Morgan fingerprint density at radius 3 is 2.82 bits per heavy atom. The summed E-state index contributed by atoms with van der Waals surface area (Å²) in [6, 6.07) is 13.9. The molecule has 0 radical (unpaired) electrons. The zero-order chi connectivity index (χ0) is 15.8. The molecule has 1 heterocycles. The number of amides is 1. The van der Waals surface area contributed by atoms with Crippen molar-refractivity contribution in [2.75, 3.05) is 5.32 Å². The second-order valence-electron chi connectivity index (χ2n) is 5.64. The van der Waals surface area contributed by atoms with Crippen LogP contribution in [0.1, 0.15) is 32.3 Å². The maximum atomic E-state index is 11.9. The molecule has 0 bridgehead atoms. The molecule has 0 saturated heterocycles. The van der Waals surface area contributed by atoms with Crippen LogP contribution in [0, 0.1) is 5.92 Å². The number of nitrogens with zero attached hydrogens (tertiary/aromatic N) is 1. The van der Waals surface area contributed by atoms with E-state index >= 15 is 0 Å². The lowest BCUT2D eigenvalue weighted by Crippen LogP contribution is -2.12. The fraction of sp³-hybridized carbons (Fsp3) is 0.333. The molecule has 22 heavy (non-hydrogen) atoms. The van der Waals surface area contributed by atoms with Crippen LogP contribution in [-0.4, -0.2) is 10.9 Å². The van der Waals surface area contributed by atoms with Crippen LogP contribution in [-0.2, 0) is 10.5 Å². The number of hydrogen-bond acceptors (Lipinski definition) is 3. The van der Waals surface area contributed by atoms with E-state index in [1.807, 2.05) is 36.4 Å². The van der Waals surface area contributed by atoms with Gasteiger partial charge in [0.2, 0.25) is 5.91 Å². The Hall–Kier alpha value is -1.81. The molecule has 0 fully saturated rings. The molecule has 0 saturated carbocycles. The number of nitrogens with one attached hydrogen (secondary N) is 1. The maximum Gasteiger partial charge on any atom is 0.224 e. The first-order valence-corrected chi connectivity index (χ1v) is 8.54. The van der Waals surface area contributed by atoms with Crippen LogP contribution in [0.5, 0.6) is 0 Å². The van der Waals surface area contributed by atoms with Gasteiger partial charge in [0.1, 0.15) is 0 Å². The SMILES string of the molecule is CC(C)CCC(=O)Nc1cccc(CSc2ccccn2)c1. The van der Waals surface area contributed by atoms with Crippen molar-refractivity contribution in [3.05, 3.63) is 54.2 Å². The number of pyridine rings is 1. The number of benzene rings is 1. The minimum absolute atomic E-state index is 0.0863. The van der Waals surface area contributed by atoms with Gasteiger partial charge in [-0.1, -0.05) is 32.0 Å². The highest BCUT2D eigenvalue weighted by Crippen LogP contribution is 2.22. The Morgan fingerprint density at radius 2 is 2.09 bits per heavy atom. The van der Waals surface area contributed by atoms with Crippen molar-refractivity contribution in [2.24, 2.45) is 5.92 Å². The molecule has 0 unspecified atom stereocenters. The second-order valence-corrected chi connectivity index (χ2v) is 6.63. The lowest BCUT2D eigenvalue weighted by molar-refractivity contribution is -0.116. The number of rotatable bonds is 7. The summed E-state index contributed by atoms with van der Waals surface area (Å²) in [5.41, 5.74) is 2.05. The van der Waals surface area contributed by atoms with Gasteiger partial charge in [0.05, 0.1) is 5.03 Å². The van der Waals surface area contributed by atoms with Gasteiger partial charge in [-0.3, -0.25) is 4.79 Å². The summed E-state index contributed by atoms with van der Waals surface area (Å²) in [5.74, 6) is 1.47. The minimum atomic E-state index is 0.0863. The predicted molar refractivity (Wildman–Crippen MR) is 92.9 cm³/mol. The molecule has 0 aliphatic heterocycles. The van der Waals surface area contributed by atoms with Gasteiger partial charge in [0.25, 0.3) is 0 Å². The van der Waals surface area contributed by atoms with E-state index in [2.05, 4.69) is 30.2 Å². The maximum absolute atomic E-state index is 11.9. The van der Waals surface area contributed by atoms with Gasteiger partial charge in [-0.15, -0.1) is 11.8 Å². The number of thioether (sulfide) groups is 1. The first-order chi connectivity index (χ1) is 10.6. The van der Waals surface area contributed by atoms with Crippen molar-refractivity contribution < 1.29 is 4.79 Å². The second kappa shape index (κ2) is 8.59. The van der Waals surface area contributed by atoms with Crippen LogP contribution < -0.4 is 5.32 Å². The Kier molecular flexibility index (Phi) is 6.46. The molecule has 3 nitrogen and oxygen atoms in total. The molecular weight excluding hydrogens is 292 g/mol. The third-order valence-electron chi connectivity index (χ3n) is 3.18. The fourth-order valence-corrected chi connectivity index (χ4v) is 2.78. The van der Waals surface area contributed by atoms with Crippen LogP contribution in [0.2, 0.25) is 0 Å². The molecule has 1 aromatic carbocycles. The Bertz CT molecular complexity index is 599. The molecule has 1 aromatic heterocycles. The molecule has 1 amide bonds. The van der Waals surface area contributed by atoms with Gasteiger partial charge >= 0.3 is 0 Å². The van der Waals surface area contributed by atoms with E-state index in [4.69, 9.17) is 0 Å². The molecule has 0 aliphatic carbocycles. The van der Waals surface area contributed by atoms with E-state index in [9.17, 15) is 4.79 Å². The van der Waals surface area contributed by atoms with Crippen molar-refractivity contribution >= 4 is 23.4 Å². The highest BCUT2D eigenvalue weighted by atomic mass is 32.2. The molecular formula is C18H22N2OS. The minimum Gasteiger partial charge on any atom is -0.326 e. The molecule has 2 aromatic rings. The van der Waals surface area contributed by atoms with Crippen molar-refractivity contribution in [3.63, 3.8) is 0 Å². The van der Waals surface area contributed by atoms with E-state index in [1.165, 1.54) is 5.56 Å². The van der Waals surface area contributed by atoms with Gasteiger partial charge in [-0.05, 0) is 42.2 Å².